The number of nitrogens with zero attached hydrogens (tertiary/aromatic N) is 3. The summed E-state index contributed by atoms with van der Waals surface area (Å²) in [6.45, 7) is 0. The number of thiazole rings is 1. The predicted octanol–water partition coefficient (Wildman–Crippen LogP) is 3.17. The Bertz CT molecular complexity index is 916. The van der Waals surface area contributed by atoms with E-state index in [0.29, 0.717) is 15.7 Å². The molecule has 0 unspecified atom stereocenters. The number of hydrogen-bond acceptors (Lipinski definition) is 5. The molecule has 0 aliphatic heterocycles. The van der Waals surface area contributed by atoms with Crippen molar-refractivity contribution in [1.82, 2.24) is 14.5 Å². The fraction of sp³-hybridized carbons (Fsp3) is 0.143. The molecule has 3 aromatic rings. The highest BCUT2D eigenvalue weighted by Crippen LogP contribution is 2.30. The van der Waals surface area contributed by atoms with Crippen LogP contribution in [0.25, 0.3) is 10.6 Å². The molecule has 0 fully saturated rings. The summed E-state index contributed by atoms with van der Waals surface area (Å²) < 4.78 is 26.2. The van der Waals surface area contributed by atoms with Crippen LogP contribution < -0.4 is 0 Å². The van der Waals surface area contributed by atoms with Gasteiger partial charge in [0.05, 0.1) is 10.7 Å². The van der Waals surface area contributed by atoms with Crippen LogP contribution in [0.2, 0.25) is 5.02 Å². The van der Waals surface area contributed by atoms with E-state index in [1.807, 2.05) is 18.2 Å². The van der Waals surface area contributed by atoms with Crippen molar-refractivity contribution in [2.75, 3.05) is 0 Å². The van der Waals surface area contributed by atoms with Crippen LogP contribution in [-0.2, 0) is 22.6 Å². The van der Waals surface area contributed by atoms with Gasteiger partial charge in [-0.1, -0.05) is 29.8 Å². The van der Waals surface area contributed by atoms with Crippen molar-refractivity contribution in [3.8, 4) is 10.6 Å². The van der Waals surface area contributed by atoms with Crippen molar-refractivity contribution in [3.63, 3.8) is 0 Å². The number of rotatable bonds is 4. The molecule has 114 valence electrons. The highest BCUT2D eigenvalue weighted by Gasteiger charge is 2.22. The number of sulfone groups is 1. The number of aromatic nitrogens is 3. The number of hydrogen-bond donors (Lipinski definition) is 0. The van der Waals surface area contributed by atoms with Crippen molar-refractivity contribution in [2.24, 2.45) is 7.05 Å². The molecule has 0 bridgehead atoms. The molecule has 3 rings (SSSR count). The molecule has 0 atom stereocenters. The van der Waals surface area contributed by atoms with Gasteiger partial charge in [-0.05, 0) is 6.07 Å². The molecule has 0 amide bonds. The highest BCUT2D eigenvalue weighted by atomic mass is 35.5. The van der Waals surface area contributed by atoms with E-state index in [-0.39, 0.29) is 10.9 Å². The predicted molar refractivity (Wildman–Crippen MR) is 86.7 cm³/mol. The topological polar surface area (TPSA) is 64.8 Å². The summed E-state index contributed by atoms with van der Waals surface area (Å²) in [4.78, 5) is 8.28. The molecule has 0 spiro atoms. The molecule has 22 heavy (non-hydrogen) atoms. The van der Waals surface area contributed by atoms with Crippen molar-refractivity contribution in [1.29, 1.82) is 0 Å². The molecular formula is C14H12ClN3O2S2. The summed E-state index contributed by atoms with van der Waals surface area (Å²) >= 11 is 7.51. The zero-order chi connectivity index (χ0) is 15.7. The van der Waals surface area contributed by atoms with Gasteiger partial charge < -0.3 is 4.57 Å². The van der Waals surface area contributed by atoms with E-state index in [2.05, 4.69) is 9.97 Å². The van der Waals surface area contributed by atoms with E-state index < -0.39 is 9.84 Å². The maximum atomic E-state index is 12.4. The number of aryl methyl sites for hydroxylation is 1. The molecule has 5 nitrogen and oxygen atoms in total. The third-order valence-electron chi connectivity index (χ3n) is 3.05. The monoisotopic (exact) mass is 353 g/mol. The van der Waals surface area contributed by atoms with E-state index in [9.17, 15) is 8.42 Å². The summed E-state index contributed by atoms with van der Waals surface area (Å²) in [7, 11) is -1.87. The average molecular weight is 354 g/mol. The van der Waals surface area contributed by atoms with E-state index >= 15 is 0 Å². The Morgan fingerprint density at radius 2 is 2.09 bits per heavy atom. The molecule has 0 saturated heterocycles. The SMILES string of the molecule is Cn1ccnc1S(=O)(=O)Cc1csc(-c2ccccc2Cl)n1. The van der Waals surface area contributed by atoms with Crippen LogP contribution in [0, 0.1) is 0 Å². The van der Waals surface area contributed by atoms with Gasteiger partial charge in [0.1, 0.15) is 10.8 Å². The van der Waals surface area contributed by atoms with Gasteiger partial charge in [-0.3, -0.25) is 0 Å². The van der Waals surface area contributed by atoms with Gasteiger partial charge in [0.25, 0.3) is 0 Å². The molecule has 0 aliphatic carbocycles. The van der Waals surface area contributed by atoms with Gasteiger partial charge in [-0.15, -0.1) is 11.3 Å². The van der Waals surface area contributed by atoms with Crippen LogP contribution in [-0.4, -0.2) is 23.0 Å². The molecule has 1 aromatic carbocycles. The van der Waals surface area contributed by atoms with Gasteiger partial charge in [0.15, 0.2) is 0 Å². The summed E-state index contributed by atoms with van der Waals surface area (Å²) in [5, 5.41) is 3.07. The molecule has 2 heterocycles. The summed E-state index contributed by atoms with van der Waals surface area (Å²) in [5.74, 6) is -0.182. The lowest BCUT2D eigenvalue weighted by molar-refractivity contribution is 0.578. The van der Waals surface area contributed by atoms with Crippen molar-refractivity contribution >= 4 is 32.8 Å². The second kappa shape index (κ2) is 5.83. The maximum absolute atomic E-state index is 12.4. The summed E-state index contributed by atoms with van der Waals surface area (Å²) in [6, 6.07) is 7.35. The second-order valence-corrected chi connectivity index (χ2v) is 7.85. The van der Waals surface area contributed by atoms with E-state index in [1.165, 1.54) is 22.1 Å². The normalized spacial score (nSPS) is 11.7. The standard InChI is InChI=1S/C14H12ClN3O2S2/c1-18-7-6-16-14(18)22(19,20)9-10-8-21-13(17-10)11-4-2-3-5-12(11)15/h2-8H,9H2,1H3. The number of benzene rings is 1. The van der Waals surface area contributed by atoms with Crippen LogP contribution in [0.15, 0.2) is 47.2 Å². The van der Waals surface area contributed by atoms with Crippen molar-refractivity contribution in [3.05, 3.63) is 52.8 Å². The third kappa shape index (κ3) is 2.92. The Labute approximate surface area is 137 Å². The van der Waals surface area contributed by atoms with Crippen LogP contribution in [0.4, 0.5) is 0 Å². The van der Waals surface area contributed by atoms with Crippen LogP contribution in [0.1, 0.15) is 5.69 Å². The fourth-order valence-corrected chi connectivity index (χ4v) is 4.68. The van der Waals surface area contributed by atoms with Gasteiger partial charge in [0, 0.05) is 30.4 Å². The lowest BCUT2D eigenvalue weighted by Gasteiger charge is -2.02. The minimum atomic E-state index is -3.52. The largest absolute Gasteiger partial charge is 0.325 e. The summed E-state index contributed by atoms with van der Waals surface area (Å²) in [6.07, 6.45) is 3.06. The smallest absolute Gasteiger partial charge is 0.227 e. The summed E-state index contributed by atoms with van der Waals surface area (Å²) in [5.41, 5.74) is 1.29. The zero-order valence-electron chi connectivity index (χ0n) is 11.6. The van der Waals surface area contributed by atoms with Crippen molar-refractivity contribution in [2.45, 2.75) is 10.9 Å². The molecule has 0 N–H and O–H groups in total. The van der Waals surface area contributed by atoms with Crippen LogP contribution in [0.5, 0.6) is 0 Å². The molecule has 0 saturated carbocycles. The van der Waals surface area contributed by atoms with E-state index in [0.717, 1.165) is 5.56 Å². The molecular weight excluding hydrogens is 342 g/mol. The third-order valence-corrected chi connectivity index (χ3v) is 5.93. The van der Waals surface area contributed by atoms with E-state index in [4.69, 9.17) is 11.6 Å². The number of halogens is 1. The Kier molecular flexibility index (Phi) is 4.03. The first kappa shape index (κ1) is 15.2. The Balaban J connectivity index is 1.90. The van der Waals surface area contributed by atoms with Crippen LogP contribution >= 0.6 is 22.9 Å². The highest BCUT2D eigenvalue weighted by molar-refractivity contribution is 7.90. The van der Waals surface area contributed by atoms with Gasteiger partial charge in [0.2, 0.25) is 15.0 Å². The second-order valence-electron chi connectivity index (χ2n) is 4.70. The Morgan fingerprint density at radius 3 is 2.77 bits per heavy atom. The number of imidazole rings is 1. The minimum Gasteiger partial charge on any atom is -0.325 e. The molecule has 0 radical (unpaired) electrons. The Hall–Kier alpha value is -1.70. The first-order valence-corrected chi connectivity index (χ1v) is 9.28. The molecule has 8 heteroatoms. The van der Waals surface area contributed by atoms with Gasteiger partial charge in [-0.25, -0.2) is 18.4 Å². The average Bonchev–Trinajstić information content (AvgIpc) is 3.08. The maximum Gasteiger partial charge on any atom is 0.227 e. The van der Waals surface area contributed by atoms with Crippen LogP contribution in [0.3, 0.4) is 0 Å². The lowest BCUT2D eigenvalue weighted by Crippen LogP contribution is -2.11. The fourth-order valence-electron chi connectivity index (χ4n) is 2.04. The Morgan fingerprint density at radius 1 is 1.32 bits per heavy atom. The minimum absolute atomic E-state index is 0.0415. The molecule has 2 aromatic heterocycles. The van der Waals surface area contributed by atoms with E-state index in [1.54, 1.807) is 24.7 Å². The van der Waals surface area contributed by atoms with Gasteiger partial charge in [-0.2, -0.15) is 0 Å². The first-order valence-electron chi connectivity index (χ1n) is 6.37. The zero-order valence-corrected chi connectivity index (χ0v) is 14.0. The lowest BCUT2D eigenvalue weighted by atomic mass is 10.2. The van der Waals surface area contributed by atoms with Gasteiger partial charge >= 0.3 is 0 Å². The quantitative estimate of drug-likeness (QED) is 0.722. The van der Waals surface area contributed by atoms with Crippen molar-refractivity contribution < 1.29 is 8.42 Å². The molecule has 0 aliphatic rings. The first-order chi connectivity index (χ1) is 10.5.